The van der Waals surface area contributed by atoms with Crippen molar-refractivity contribution in [3.8, 4) is 0 Å². The molecule has 1 aromatic heterocycles. The fraction of sp³-hybridized carbons (Fsp3) is 0.105. The van der Waals surface area contributed by atoms with Crippen molar-refractivity contribution in [1.29, 1.82) is 0 Å². The molecule has 1 amide bonds. The maximum Gasteiger partial charge on any atom is 0.274 e. The molecule has 1 heterocycles. The summed E-state index contributed by atoms with van der Waals surface area (Å²) in [5.41, 5.74) is 3.54. The zero-order valence-corrected chi connectivity index (χ0v) is 15.1. The van der Waals surface area contributed by atoms with E-state index in [0.29, 0.717) is 5.76 Å². The van der Waals surface area contributed by atoms with Crippen LogP contribution in [-0.2, 0) is 28.0 Å². The van der Waals surface area contributed by atoms with Gasteiger partial charge in [0.05, 0.1) is 24.3 Å². The van der Waals surface area contributed by atoms with E-state index in [1.807, 2.05) is 30.3 Å². The van der Waals surface area contributed by atoms with Gasteiger partial charge in [-0.05, 0) is 42.0 Å². The Labute approximate surface area is 157 Å². The van der Waals surface area contributed by atoms with E-state index in [1.54, 1.807) is 12.1 Å². The molecule has 7 nitrogen and oxygen atoms in total. The molecule has 0 atom stereocenters. The minimum Gasteiger partial charge on any atom is -0.468 e. The lowest BCUT2D eigenvalue weighted by molar-refractivity contribution is 0.0233. The summed E-state index contributed by atoms with van der Waals surface area (Å²) in [5, 5.41) is 0. The summed E-state index contributed by atoms with van der Waals surface area (Å²) in [4.78, 5) is 17.3. The third-order valence-corrected chi connectivity index (χ3v) is 5.11. The first-order valence-corrected chi connectivity index (χ1v) is 9.61. The molecule has 2 aromatic carbocycles. The second kappa shape index (κ2) is 8.63. The van der Waals surface area contributed by atoms with Gasteiger partial charge in [-0.2, -0.15) is 0 Å². The highest BCUT2D eigenvalue weighted by molar-refractivity contribution is 7.89. The van der Waals surface area contributed by atoms with Gasteiger partial charge in [0.15, 0.2) is 0 Å². The highest BCUT2D eigenvalue weighted by Gasteiger charge is 2.15. The molecule has 2 N–H and O–H groups in total. The molecule has 0 saturated heterocycles. The SMILES string of the molecule is O=C(NOCc1ccccc1)c1ccc(S(=O)(=O)NCc2ccco2)cc1. The maximum atomic E-state index is 12.3. The number of amides is 1. The van der Waals surface area contributed by atoms with Gasteiger partial charge in [0, 0.05) is 5.56 Å². The van der Waals surface area contributed by atoms with Crippen LogP contribution in [0.5, 0.6) is 0 Å². The first kappa shape index (κ1) is 18.8. The van der Waals surface area contributed by atoms with Crippen molar-refractivity contribution in [1.82, 2.24) is 10.2 Å². The van der Waals surface area contributed by atoms with E-state index in [-0.39, 0.29) is 23.6 Å². The number of furan rings is 1. The Balaban J connectivity index is 1.54. The molecule has 0 bridgehead atoms. The normalized spacial score (nSPS) is 11.3. The van der Waals surface area contributed by atoms with Gasteiger partial charge in [-0.1, -0.05) is 30.3 Å². The summed E-state index contributed by atoms with van der Waals surface area (Å²) in [5.74, 6) is 0.0450. The van der Waals surface area contributed by atoms with Gasteiger partial charge >= 0.3 is 0 Å². The molecule has 140 valence electrons. The molecule has 0 unspecified atom stereocenters. The highest BCUT2D eigenvalue weighted by atomic mass is 32.2. The first-order valence-electron chi connectivity index (χ1n) is 8.13. The van der Waals surface area contributed by atoms with Crippen molar-refractivity contribution >= 4 is 15.9 Å². The van der Waals surface area contributed by atoms with Crippen molar-refractivity contribution in [2.45, 2.75) is 18.0 Å². The van der Waals surface area contributed by atoms with Crippen LogP contribution in [0.25, 0.3) is 0 Å². The van der Waals surface area contributed by atoms with Crippen LogP contribution in [0, 0.1) is 0 Å². The molecule has 0 saturated carbocycles. The third kappa shape index (κ3) is 5.27. The predicted octanol–water partition coefficient (Wildman–Crippen LogP) is 2.62. The summed E-state index contributed by atoms with van der Waals surface area (Å²) in [7, 11) is -3.70. The predicted molar refractivity (Wildman–Crippen MR) is 97.9 cm³/mol. The Morgan fingerprint density at radius 1 is 0.963 bits per heavy atom. The van der Waals surface area contributed by atoms with Gasteiger partial charge in [-0.3, -0.25) is 9.63 Å². The molecule has 0 fully saturated rings. The van der Waals surface area contributed by atoms with Gasteiger partial charge in [0.25, 0.3) is 5.91 Å². The number of hydroxylamine groups is 1. The average Bonchev–Trinajstić information content (AvgIpc) is 3.21. The first-order chi connectivity index (χ1) is 13.0. The van der Waals surface area contributed by atoms with E-state index in [1.165, 1.54) is 30.5 Å². The molecule has 0 aliphatic rings. The van der Waals surface area contributed by atoms with Crippen LogP contribution in [0.15, 0.2) is 82.3 Å². The molecule has 0 aliphatic heterocycles. The minimum atomic E-state index is -3.70. The van der Waals surface area contributed by atoms with E-state index in [2.05, 4.69) is 10.2 Å². The van der Waals surface area contributed by atoms with Crippen molar-refractivity contribution in [3.05, 3.63) is 89.9 Å². The zero-order valence-electron chi connectivity index (χ0n) is 14.3. The van der Waals surface area contributed by atoms with Crippen molar-refractivity contribution in [3.63, 3.8) is 0 Å². The molecule has 3 aromatic rings. The molecule has 8 heteroatoms. The van der Waals surface area contributed by atoms with Crippen LogP contribution >= 0.6 is 0 Å². The van der Waals surface area contributed by atoms with Gasteiger partial charge in [-0.15, -0.1) is 0 Å². The number of rotatable bonds is 8. The number of hydrogen-bond acceptors (Lipinski definition) is 5. The van der Waals surface area contributed by atoms with E-state index >= 15 is 0 Å². The van der Waals surface area contributed by atoms with Crippen LogP contribution in [0.3, 0.4) is 0 Å². The largest absolute Gasteiger partial charge is 0.468 e. The summed E-state index contributed by atoms with van der Waals surface area (Å²) in [6.07, 6.45) is 1.47. The van der Waals surface area contributed by atoms with Crippen molar-refractivity contribution < 1.29 is 22.5 Å². The van der Waals surface area contributed by atoms with Crippen LogP contribution < -0.4 is 10.2 Å². The summed E-state index contributed by atoms with van der Waals surface area (Å²) in [6.45, 7) is 0.278. The Kier molecular flexibility index (Phi) is 6.02. The number of carbonyl (C=O) groups is 1. The number of benzene rings is 2. The summed E-state index contributed by atoms with van der Waals surface area (Å²) in [6, 6.07) is 18.3. The highest BCUT2D eigenvalue weighted by Crippen LogP contribution is 2.12. The molecular formula is C19H18N2O5S. The van der Waals surface area contributed by atoms with Crippen molar-refractivity contribution in [2.24, 2.45) is 0 Å². The lowest BCUT2D eigenvalue weighted by atomic mass is 10.2. The van der Waals surface area contributed by atoms with Crippen LogP contribution in [0.4, 0.5) is 0 Å². The Hall–Kier alpha value is -2.94. The molecule has 27 heavy (non-hydrogen) atoms. The van der Waals surface area contributed by atoms with Gasteiger partial charge in [0.2, 0.25) is 10.0 Å². The average molecular weight is 386 g/mol. The monoisotopic (exact) mass is 386 g/mol. The van der Waals surface area contributed by atoms with E-state index in [9.17, 15) is 13.2 Å². The quantitative estimate of drug-likeness (QED) is 0.580. The lowest BCUT2D eigenvalue weighted by Crippen LogP contribution is -2.24. The molecule has 0 aliphatic carbocycles. The Bertz CT molecular complexity index is 969. The van der Waals surface area contributed by atoms with Gasteiger partial charge in [0.1, 0.15) is 5.76 Å². The molecule has 3 rings (SSSR count). The van der Waals surface area contributed by atoms with Crippen molar-refractivity contribution in [2.75, 3.05) is 0 Å². The zero-order chi connectivity index (χ0) is 19.1. The Morgan fingerprint density at radius 2 is 1.70 bits per heavy atom. The van der Waals surface area contributed by atoms with E-state index in [0.717, 1.165) is 5.56 Å². The van der Waals surface area contributed by atoms with Crippen LogP contribution in [-0.4, -0.2) is 14.3 Å². The number of hydrogen-bond donors (Lipinski definition) is 2. The van der Waals surface area contributed by atoms with Gasteiger partial charge in [-0.25, -0.2) is 18.6 Å². The lowest BCUT2D eigenvalue weighted by Gasteiger charge is -2.08. The fourth-order valence-electron chi connectivity index (χ4n) is 2.27. The maximum absolute atomic E-state index is 12.3. The van der Waals surface area contributed by atoms with Crippen LogP contribution in [0.2, 0.25) is 0 Å². The molecule has 0 spiro atoms. The fourth-order valence-corrected chi connectivity index (χ4v) is 3.26. The van der Waals surface area contributed by atoms with Gasteiger partial charge < -0.3 is 4.42 Å². The number of nitrogens with one attached hydrogen (secondary N) is 2. The van der Waals surface area contributed by atoms with E-state index in [4.69, 9.17) is 9.25 Å². The standard InChI is InChI=1S/C19H18N2O5S/c22-19(21-26-14-15-5-2-1-3-6-15)16-8-10-18(11-9-16)27(23,24)20-13-17-7-4-12-25-17/h1-12,20H,13-14H2,(H,21,22). The topological polar surface area (TPSA) is 97.6 Å². The second-order valence-electron chi connectivity index (χ2n) is 5.63. The molecule has 0 radical (unpaired) electrons. The Morgan fingerprint density at radius 3 is 2.37 bits per heavy atom. The number of carbonyl (C=O) groups excluding carboxylic acids is 1. The van der Waals surface area contributed by atoms with Crippen LogP contribution in [0.1, 0.15) is 21.7 Å². The smallest absolute Gasteiger partial charge is 0.274 e. The second-order valence-corrected chi connectivity index (χ2v) is 7.40. The molecular weight excluding hydrogens is 368 g/mol. The summed E-state index contributed by atoms with van der Waals surface area (Å²) >= 11 is 0. The number of sulfonamides is 1. The van der Waals surface area contributed by atoms with E-state index < -0.39 is 15.9 Å². The summed E-state index contributed by atoms with van der Waals surface area (Å²) < 4.78 is 32.0. The third-order valence-electron chi connectivity index (χ3n) is 3.69. The minimum absolute atomic E-state index is 0.0465.